The van der Waals surface area contributed by atoms with Crippen LogP contribution in [0.2, 0.25) is 0 Å². The van der Waals surface area contributed by atoms with E-state index in [0.29, 0.717) is 0 Å². The van der Waals surface area contributed by atoms with E-state index in [1.165, 1.54) is 24.0 Å². The van der Waals surface area contributed by atoms with Crippen molar-refractivity contribution < 1.29 is 9.53 Å². The monoisotopic (exact) mass is 331 g/mol. The predicted molar refractivity (Wildman–Crippen MR) is 101 cm³/mol. The van der Waals surface area contributed by atoms with Crippen molar-refractivity contribution in [2.45, 2.75) is 25.7 Å². The van der Waals surface area contributed by atoms with Gasteiger partial charge < -0.3 is 10.1 Å². The number of nitrogens with one attached hydrogen (secondary N) is 1. The van der Waals surface area contributed by atoms with Crippen molar-refractivity contribution in [1.82, 2.24) is 0 Å². The topological polar surface area (TPSA) is 38.3 Å². The summed E-state index contributed by atoms with van der Waals surface area (Å²) in [7, 11) is 0. The lowest BCUT2D eigenvalue weighted by molar-refractivity contribution is -0.118. The molecule has 126 valence electrons. The number of hydrogen-bond donors (Lipinski definition) is 1. The quantitative estimate of drug-likeness (QED) is 0.750. The second-order valence-corrected chi connectivity index (χ2v) is 6.50. The van der Waals surface area contributed by atoms with Crippen LogP contribution in [0.15, 0.2) is 60.7 Å². The Morgan fingerprint density at radius 3 is 2.64 bits per heavy atom. The van der Waals surface area contributed by atoms with E-state index in [2.05, 4.69) is 17.4 Å². The van der Waals surface area contributed by atoms with Gasteiger partial charge in [-0.15, -0.1) is 0 Å². The summed E-state index contributed by atoms with van der Waals surface area (Å²) in [6.07, 6.45) is 4.75. The highest BCUT2D eigenvalue weighted by atomic mass is 16.5. The van der Waals surface area contributed by atoms with Crippen LogP contribution in [0.1, 0.15) is 24.0 Å². The van der Waals surface area contributed by atoms with Crippen LogP contribution in [-0.4, -0.2) is 12.5 Å². The molecule has 0 fully saturated rings. The maximum atomic E-state index is 12.3. The molecule has 3 nitrogen and oxygen atoms in total. The number of benzene rings is 3. The molecule has 0 atom stereocenters. The standard InChI is InChI=1S/C22H21NO2/c24-22(23-21-11-5-9-17-7-3-4-10-20(17)21)15-25-19-13-12-16-6-1-2-8-18(16)14-19/h3-5,7,9-14H,1-2,6,8,15H2,(H,23,24). The van der Waals surface area contributed by atoms with Gasteiger partial charge in [-0.05, 0) is 60.4 Å². The number of anilines is 1. The van der Waals surface area contributed by atoms with E-state index in [4.69, 9.17) is 4.74 Å². The average molecular weight is 331 g/mol. The van der Waals surface area contributed by atoms with Crippen LogP contribution < -0.4 is 10.1 Å². The van der Waals surface area contributed by atoms with E-state index in [1.807, 2.05) is 48.5 Å². The van der Waals surface area contributed by atoms with Gasteiger partial charge in [-0.2, -0.15) is 0 Å². The molecule has 3 heteroatoms. The van der Waals surface area contributed by atoms with Gasteiger partial charge in [-0.3, -0.25) is 4.79 Å². The van der Waals surface area contributed by atoms with Crippen LogP contribution >= 0.6 is 0 Å². The summed E-state index contributed by atoms with van der Waals surface area (Å²) in [5.41, 5.74) is 3.59. The zero-order valence-electron chi connectivity index (χ0n) is 14.1. The highest BCUT2D eigenvalue weighted by molar-refractivity contribution is 6.02. The van der Waals surface area contributed by atoms with Crippen molar-refractivity contribution >= 4 is 22.4 Å². The molecule has 1 amide bonds. The smallest absolute Gasteiger partial charge is 0.262 e. The highest BCUT2D eigenvalue weighted by Crippen LogP contribution is 2.26. The first-order valence-corrected chi connectivity index (χ1v) is 8.82. The van der Waals surface area contributed by atoms with Crippen LogP contribution in [0.25, 0.3) is 10.8 Å². The molecule has 25 heavy (non-hydrogen) atoms. The molecule has 0 aliphatic heterocycles. The highest BCUT2D eigenvalue weighted by Gasteiger charge is 2.11. The van der Waals surface area contributed by atoms with Crippen molar-refractivity contribution in [3.05, 3.63) is 71.8 Å². The Bertz CT molecular complexity index is 912. The van der Waals surface area contributed by atoms with E-state index >= 15 is 0 Å². The first-order chi connectivity index (χ1) is 12.3. The van der Waals surface area contributed by atoms with Gasteiger partial charge in [-0.1, -0.05) is 42.5 Å². The summed E-state index contributed by atoms with van der Waals surface area (Å²) in [4.78, 5) is 12.3. The Morgan fingerprint density at radius 1 is 0.920 bits per heavy atom. The van der Waals surface area contributed by atoms with Gasteiger partial charge in [-0.25, -0.2) is 0 Å². The normalized spacial score (nSPS) is 13.3. The van der Waals surface area contributed by atoms with Gasteiger partial charge in [0.15, 0.2) is 6.61 Å². The Balaban J connectivity index is 1.42. The molecule has 0 saturated carbocycles. The SMILES string of the molecule is O=C(COc1ccc2c(c1)CCCC2)Nc1cccc2ccccc12. The van der Waals surface area contributed by atoms with Crippen LogP contribution in [0.4, 0.5) is 5.69 Å². The fraction of sp³-hybridized carbons (Fsp3) is 0.227. The Morgan fingerprint density at radius 2 is 1.72 bits per heavy atom. The number of hydrogen-bond acceptors (Lipinski definition) is 2. The van der Waals surface area contributed by atoms with Crippen molar-refractivity contribution in [1.29, 1.82) is 0 Å². The van der Waals surface area contributed by atoms with Crippen LogP contribution in [0.5, 0.6) is 5.75 Å². The number of carbonyl (C=O) groups excluding carboxylic acids is 1. The third-order valence-electron chi connectivity index (χ3n) is 4.75. The fourth-order valence-electron chi connectivity index (χ4n) is 3.47. The van der Waals surface area contributed by atoms with Gasteiger partial charge >= 0.3 is 0 Å². The molecule has 0 spiro atoms. The number of fused-ring (bicyclic) bond motifs is 2. The van der Waals surface area contributed by atoms with E-state index in [-0.39, 0.29) is 12.5 Å². The van der Waals surface area contributed by atoms with Crippen molar-refractivity contribution in [2.24, 2.45) is 0 Å². The third-order valence-corrected chi connectivity index (χ3v) is 4.75. The minimum absolute atomic E-state index is 0.0159. The Hall–Kier alpha value is -2.81. The van der Waals surface area contributed by atoms with Gasteiger partial charge in [0.25, 0.3) is 5.91 Å². The summed E-state index contributed by atoms with van der Waals surface area (Å²) in [6.45, 7) is 0.0159. The maximum Gasteiger partial charge on any atom is 0.262 e. The molecule has 3 aromatic rings. The molecule has 0 aromatic heterocycles. The minimum Gasteiger partial charge on any atom is -0.484 e. The van der Waals surface area contributed by atoms with Crippen molar-refractivity contribution in [2.75, 3.05) is 11.9 Å². The molecule has 1 aliphatic carbocycles. The predicted octanol–water partition coefficient (Wildman–Crippen LogP) is 4.74. The largest absolute Gasteiger partial charge is 0.484 e. The molecule has 1 aliphatic rings. The van der Waals surface area contributed by atoms with E-state index in [1.54, 1.807) is 0 Å². The Labute approximate surface area is 147 Å². The van der Waals surface area contributed by atoms with Gasteiger partial charge in [0.1, 0.15) is 5.75 Å². The summed E-state index contributed by atoms with van der Waals surface area (Å²) >= 11 is 0. The first kappa shape index (κ1) is 15.7. The number of rotatable bonds is 4. The number of ether oxygens (including phenoxy) is 1. The van der Waals surface area contributed by atoms with E-state index < -0.39 is 0 Å². The number of amides is 1. The zero-order valence-corrected chi connectivity index (χ0v) is 14.1. The lowest BCUT2D eigenvalue weighted by atomic mass is 9.92. The lowest BCUT2D eigenvalue weighted by Gasteiger charge is -2.16. The van der Waals surface area contributed by atoms with Crippen molar-refractivity contribution in [3.8, 4) is 5.75 Å². The second-order valence-electron chi connectivity index (χ2n) is 6.50. The van der Waals surface area contributed by atoms with Gasteiger partial charge in [0.05, 0.1) is 0 Å². The average Bonchev–Trinajstić information content (AvgIpc) is 2.66. The second kappa shape index (κ2) is 6.98. The van der Waals surface area contributed by atoms with E-state index in [0.717, 1.165) is 35.1 Å². The van der Waals surface area contributed by atoms with Crippen molar-refractivity contribution in [3.63, 3.8) is 0 Å². The molecule has 0 radical (unpaired) electrons. The lowest BCUT2D eigenvalue weighted by Crippen LogP contribution is -2.20. The van der Waals surface area contributed by atoms with Crippen LogP contribution in [-0.2, 0) is 17.6 Å². The van der Waals surface area contributed by atoms with Crippen LogP contribution in [0.3, 0.4) is 0 Å². The fourth-order valence-corrected chi connectivity index (χ4v) is 3.47. The van der Waals surface area contributed by atoms with Crippen LogP contribution in [0, 0.1) is 0 Å². The molecule has 0 saturated heterocycles. The third kappa shape index (κ3) is 3.50. The first-order valence-electron chi connectivity index (χ1n) is 8.82. The molecule has 0 heterocycles. The molecular weight excluding hydrogens is 310 g/mol. The molecular formula is C22H21NO2. The summed E-state index contributed by atoms with van der Waals surface area (Å²) in [6, 6.07) is 20.1. The number of carbonyl (C=O) groups is 1. The zero-order chi connectivity index (χ0) is 17.1. The van der Waals surface area contributed by atoms with Gasteiger partial charge in [0, 0.05) is 11.1 Å². The number of aryl methyl sites for hydroxylation is 2. The van der Waals surface area contributed by atoms with E-state index in [9.17, 15) is 4.79 Å². The molecule has 0 unspecified atom stereocenters. The maximum absolute atomic E-state index is 12.3. The van der Waals surface area contributed by atoms with Gasteiger partial charge in [0.2, 0.25) is 0 Å². The molecule has 4 rings (SSSR count). The molecule has 3 aromatic carbocycles. The summed E-state index contributed by atoms with van der Waals surface area (Å²) < 4.78 is 5.71. The summed E-state index contributed by atoms with van der Waals surface area (Å²) in [5.74, 6) is 0.628. The molecule has 1 N–H and O–H groups in total. The molecule has 0 bridgehead atoms. The summed E-state index contributed by atoms with van der Waals surface area (Å²) in [5, 5.41) is 5.10. The minimum atomic E-state index is -0.144. The Kier molecular flexibility index (Phi) is 4.38.